The van der Waals surface area contributed by atoms with Gasteiger partial charge in [-0.05, 0) is 126 Å². The summed E-state index contributed by atoms with van der Waals surface area (Å²) in [6.07, 6.45) is 16.0. The molecular formula is C35H50. The Kier molecular flexibility index (Phi) is 6.13. The van der Waals surface area contributed by atoms with Crippen molar-refractivity contribution >= 4 is 10.8 Å². The molecule has 8 unspecified atom stereocenters. The van der Waals surface area contributed by atoms with E-state index >= 15 is 0 Å². The van der Waals surface area contributed by atoms with Gasteiger partial charge in [-0.25, -0.2) is 0 Å². The highest BCUT2D eigenvalue weighted by Gasteiger charge is 2.60. The summed E-state index contributed by atoms with van der Waals surface area (Å²) in [5, 5.41) is 2.89. The smallest absolute Gasteiger partial charge is 0.0181 e. The Bertz CT molecular complexity index is 1060. The highest BCUT2D eigenvalue weighted by atomic mass is 14.6. The zero-order chi connectivity index (χ0) is 24.4. The van der Waals surface area contributed by atoms with Crippen LogP contribution in [0.5, 0.6) is 0 Å². The molecule has 2 aromatic carbocycles. The summed E-state index contributed by atoms with van der Waals surface area (Å²) in [5.41, 5.74) is 4.48. The third-order valence-electron chi connectivity index (χ3n) is 12.4. The second-order valence-corrected chi connectivity index (χ2v) is 14.5. The molecule has 3 saturated carbocycles. The normalized spacial score (nSPS) is 39.1. The topological polar surface area (TPSA) is 0 Å². The number of hydrogen-bond acceptors (Lipinski definition) is 0. The van der Waals surface area contributed by atoms with Crippen LogP contribution in [0.25, 0.3) is 10.8 Å². The molecule has 4 aliphatic carbocycles. The predicted octanol–water partition coefficient (Wildman–Crippen LogP) is 9.88. The standard InChI is InChI=1S/C35H50/c1-23(2)9-8-10-24(3)31-15-16-32-30-14-13-29-21-27-19-25-11-6-7-12-26(25)20-28(27)22-35(29,5)33(30)17-18-34(31,32)4/h6-7,11-12,19-20,23-24,29-33H,8-10,13-18,21-22H2,1-5H3. The van der Waals surface area contributed by atoms with Crippen LogP contribution in [0, 0.1) is 52.3 Å². The van der Waals surface area contributed by atoms with Crippen molar-refractivity contribution in [3.63, 3.8) is 0 Å². The molecule has 0 radical (unpaired) electrons. The Morgan fingerprint density at radius 1 is 0.800 bits per heavy atom. The minimum absolute atomic E-state index is 0.515. The lowest BCUT2D eigenvalue weighted by molar-refractivity contribution is -0.103. The lowest BCUT2D eigenvalue weighted by Gasteiger charge is -2.61. The van der Waals surface area contributed by atoms with Crippen molar-refractivity contribution in [2.24, 2.45) is 52.3 Å². The largest absolute Gasteiger partial charge is 0.0628 e. The molecule has 0 nitrogen and oxygen atoms in total. The maximum atomic E-state index is 2.75. The highest BCUT2D eigenvalue weighted by Crippen LogP contribution is 2.68. The van der Waals surface area contributed by atoms with Crippen molar-refractivity contribution in [2.45, 2.75) is 105 Å². The molecule has 0 aliphatic heterocycles. The number of fused-ring (bicyclic) bond motifs is 7. The van der Waals surface area contributed by atoms with Gasteiger partial charge in [-0.15, -0.1) is 0 Å². The quantitative estimate of drug-likeness (QED) is 0.408. The molecule has 2 aromatic rings. The second kappa shape index (κ2) is 8.92. The molecule has 8 atom stereocenters. The van der Waals surface area contributed by atoms with E-state index in [-0.39, 0.29) is 0 Å². The zero-order valence-corrected chi connectivity index (χ0v) is 23.3. The Balaban J connectivity index is 1.23. The van der Waals surface area contributed by atoms with Crippen molar-refractivity contribution in [2.75, 3.05) is 0 Å². The first-order valence-corrected chi connectivity index (χ1v) is 15.3. The van der Waals surface area contributed by atoms with Crippen LogP contribution in [-0.4, -0.2) is 0 Å². The van der Waals surface area contributed by atoms with Gasteiger partial charge in [0, 0.05) is 0 Å². The molecule has 0 heteroatoms. The summed E-state index contributed by atoms with van der Waals surface area (Å²) in [6, 6.07) is 14.1. The molecule has 0 saturated heterocycles. The van der Waals surface area contributed by atoms with Crippen molar-refractivity contribution in [1.82, 2.24) is 0 Å². The molecule has 0 amide bonds. The molecule has 0 bridgehead atoms. The summed E-state index contributed by atoms with van der Waals surface area (Å²) < 4.78 is 0. The molecule has 0 aromatic heterocycles. The van der Waals surface area contributed by atoms with Crippen molar-refractivity contribution < 1.29 is 0 Å². The molecule has 3 fully saturated rings. The van der Waals surface area contributed by atoms with Gasteiger partial charge >= 0.3 is 0 Å². The first-order valence-electron chi connectivity index (χ1n) is 15.3. The third kappa shape index (κ3) is 3.92. The lowest BCUT2D eigenvalue weighted by Crippen LogP contribution is -2.54. The lowest BCUT2D eigenvalue weighted by atomic mass is 9.44. The summed E-state index contributed by atoms with van der Waals surface area (Å²) in [6.45, 7) is 12.9. The maximum Gasteiger partial charge on any atom is -0.0181 e. The summed E-state index contributed by atoms with van der Waals surface area (Å²) >= 11 is 0. The van der Waals surface area contributed by atoms with Crippen molar-refractivity contribution in [3.8, 4) is 0 Å². The van der Waals surface area contributed by atoms with Gasteiger partial charge in [-0.1, -0.05) is 90.3 Å². The summed E-state index contributed by atoms with van der Waals surface area (Å²) in [4.78, 5) is 0. The van der Waals surface area contributed by atoms with Crippen molar-refractivity contribution in [3.05, 3.63) is 47.5 Å². The molecule has 0 spiro atoms. The minimum atomic E-state index is 0.515. The van der Waals surface area contributed by atoms with Gasteiger partial charge in [-0.3, -0.25) is 0 Å². The molecule has 35 heavy (non-hydrogen) atoms. The van der Waals surface area contributed by atoms with E-state index in [9.17, 15) is 0 Å². The van der Waals surface area contributed by atoms with Gasteiger partial charge in [0.2, 0.25) is 0 Å². The van der Waals surface area contributed by atoms with E-state index in [1.54, 1.807) is 11.1 Å². The van der Waals surface area contributed by atoms with Crippen LogP contribution in [-0.2, 0) is 12.8 Å². The Hall–Kier alpha value is -1.30. The van der Waals surface area contributed by atoms with Gasteiger partial charge in [0.15, 0.2) is 0 Å². The number of hydrogen-bond donors (Lipinski definition) is 0. The maximum absolute atomic E-state index is 2.75. The molecule has 0 heterocycles. The van der Waals surface area contributed by atoms with Crippen LogP contribution in [0.2, 0.25) is 0 Å². The van der Waals surface area contributed by atoms with E-state index in [0.29, 0.717) is 10.8 Å². The second-order valence-electron chi connectivity index (χ2n) is 14.5. The molecule has 190 valence electrons. The number of benzene rings is 2. The molecule has 4 aliphatic rings. The molecule has 0 N–H and O–H groups in total. The van der Waals surface area contributed by atoms with Crippen LogP contribution in [0.4, 0.5) is 0 Å². The third-order valence-corrected chi connectivity index (χ3v) is 12.4. The monoisotopic (exact) mass is 470 g/mol. The van der Waals surface area contributed by atoms with E-state index in [1.807, 2.05) is 0 Å². The van der Waals surface area contributed by atoms with E-state index in [0.717, 1.165) is 41.4 Å². The first kappa shape index (κ1) is 24.1. The number of rotatable bonds is 5. The Morgan fingerprint density at radius 3 is 2.26 bits per heavy atom. The van der Waals surface area contributed by atoms with Gasteiger partial charge in [0.1, 0.15) is 0 Å². The van der Waals surface area contributed by atoms with Gasteiger partial charge < -0.3 is 0 Å². The zero-order valence-electron chi connectivity index (χ0n) is 23.3. The summed E-state index contributed by atoms with van der Waals surface area (Å²) in [7, 11) is 0. The highest BCUT2D eigenvalue weighted by molar-refractivity contribution is 5.84. The molecular weight excluding hydrogens is 420 g/mol. The molecule has 6 rings (SSSR count). The Labute approximate surface area is 215 Å². The van der Waals surface area contributed by atoms with E-state index < -0.39 is 0 Å². The van der Waals surface area contributed by atoms with Crippen LogP contribution < -0.4 is 0 Å². The van der Waals surface area contributed by atoms with Crippen LogP contribution in [0.1, 0.15) is 104 Å². The predicted molar refractivity (Wildman–Crippen MR) is 151 cm³/mol. The van der Waals surface area contributed by atoms with Crippen LogP contribution >= 0.6 is 0 Å². The van der Waals surface area contributed by atoms with E-state index in [1.165, 1.54) is 81.4 Å². The SMILES string of the molecule is CC(C)CCCC(C)C1CCC2C3CCC4Cc5cc6ccccc6cc5CC4(C)C3CCC12C. The fraction of sp³-hybridized carbons (Fsp3) is 0.714. The first-order chi connectivity index (χ1) is 16.8. The van der Waals surface area contributed by atoms with Crippen LogP contribution in [0.15, 0.2) is 36.4 Å². The van der Waals surface area contributed by atoms with E-state index in [2.05, 4.69) is 71.0 Å². The fourth-order valence-electron chi connectivity index (χ4n) is 10.5. The Morgan fingerprint density at radius 2 is 1.51 bits per heavy atom. The average molecular weight is 471 g/mol. The van der Waals surface area contributed by atoms with Crippen molar-refractivity contribution in [1.29, 1.82) is 0 Å². The average Bonchev–Trinajstić information content (AvgIpc) is 3.18. The van der Waals surface area contributed by atoms with Crippen LogP contribution in [0.3, 0.4) is 0 Å². The fourth-order valence-corrected chi connectivity index (χ4v) is 10.5. The van der Waals surface area contributed by atoms with E-state index in [4.69, 9.17) is 0 Å². The van der Waals surface area contributed by atoms with Gasteiger partial charge in [0.05, 0.1) is 0 Å². The minimum Gasteiger partial charge on any atom is -0.0628 e. The summed E-state index contributed by atoms with van der Waals surface area (Å²) in [5.74, 6) is 6.59. The van der Waals surface area contributed by atoms with Gasteiger partial charge in [0.25, 0.3) is 0 Å². The van der Waals surface area contributed by atoms with Gasteiger partial charge in [-0.2, -0.15) is 0 Å².